The molecule has 1 atom stereocenters. The van der Waals surface area contributed by atoms with Crippen molar-refractivity contribution < 1.29 is 9.90 Å². The number of aliphatic hydroxyl groups excluding tert-OH is 1. The normalized spacial score (nSPS) is 17.0. The summed E-state index contributed by atoms with van der Waals surface area (Å²) < 4.78 is 0. The van der Waals surface area contributed by atoms with Crippen LogP contribution in [0.1, 0.15) is 57.3 Å². The fraction of sp³-hybridized carbons (Fsp3) is 0.632. The Bertz CT molecular complexity index is 505. The molecule has 0 radical (unpaired) electrons. The van der Waals surface area contributed by atoms with Crippen LogP contribution in [0.2, 0.25) is 0 Å². The Hall–Kier alpha value is -1.10. The molecule has 1 fully saturated rings. The topological polar surface area (TPSA) is 61.4 Å². The predicted octanol–water partition coefficient (Wildman–Crippen LogP) is 2.95. The van der Waals surface area contributed by atoms with Gasteiger partial charge in [-0.05, 0) is 48.4 Å². The third-order valence-electron chi connectivity index (χ3n) is 4.59. The van der Waals surface area contributed by atoms with Gasteiger partial charge in [0.25, 0.3) is 0 Å². The molecule has 0 spiro atoms. The number of halogens is 1. The second-order valence-electron chi connectivity index (χ2n) is 7.59. The summed E-state index contributed by atoms with van der Waals surface area (Å²) in [5.41, 5.74) is 2.19. The maximum absolute atomic E-state index is 12.0. The summed E-state index contributed by atoms with van der Waals surface area (Å²) >= 11 is 0. The van der Waals surface area contributed by atoms with Gasteiger partial charge in [-0.2, -0.15) is 0 Å². The first-order chi connectivity index (χ1) is 10.9. The van der Waals surface area contributed by atoms with Crippen molar-refractivity contribution in [3.63, 3.8) is 0 Å². The lowest BCUT2D eigenvalue weighted by atomic mass is 9.86. The van der Waals surface area contributed by atoms with Crippen molar-refractivity contribution in [2.24, 2.45) is 5.92 Å². The van der Waals surface area contributed by atoms with Crippen molar-refractivity contribution in [1.29, 1.82) is 0 Å². The molecule has 1 aromatic carbocycles. The minimum absolute atomic E-state index is 0. The lowest BCUT2D eigenvalue weighted by Gasteiger charge is -2.22. The zero-order valence-corrected chi connectivity index (χ0v) is 15.8. The van der Waals surface area contributed by atoms with Gasteiger partial charge in [0.2, 0.25) is 5.91 Å². The highest BCUT2D eigenvalue weighted by Crippen LogP contribution is 2.24. The van der Waals surface area contributed by atoms with Crippen molar-refractivity contribution in [2.45, 2.75) is 51.6 Å². The molecule has 1 aliphatic rings. The number of benzene rings is 1. The van der Waals surface area contributed by atoms with E-state index in [1.54, 1.807) is 0 Å². The van der Waals surface area contributed by atoms with Gasteiger partial charge >= 0.3 is 0 Å². The highest BCUT2D eigenvalue weighted by atomic mass is 35.5. The fourth-order valence-electron chi connectivity index (χ4n) is 2.95. The van der Waals surface area contributed by atoms with Gasteiger partial charge in [-0.25, -0.2) is 0 Å². The maximum Gasteiger partial charge on any atom is 0.220 e. The second kappa shape index (κ2) is 9.40. The summed E-state index contributed by atoms with van der Waals surface area (Å²) in [5.74, 6) is 0.515. The molecular weight excluding hydrogens is 324 g/mol. The van der Waals surface area contributed by atoms with E-state index in [4.69, 9.17) is 0 Å². The molecule has 0 bridgehead atoms. The van der Waals surface area contributed by atoms with Crippen LogP contribution in [-0.2, 0) is 10.2 Å². The van der Waals surface area contributed by atoms with Crippen LogP contribution in [0.5, 0.6) is 0 Å². The van der Waals surface area contributed by atoms with Gasteiger partial charge in [0.05, 0.1) is 6.10 Å². The number of rotatable bonds is 5. The first-order valence-electron chi connectivity index (χ1n) is 8.62. The summed E-state index contributed by atoms with van der Waals surface area (Å²) in [6.45, 7) is 8.78. The second-order valence-corrected chi connectivity index (χ2v) is 7.59. The number of hydrogen-bond donors (Lipinski definition) is 3. The molecule has 3 N–H and O–H groups in total. The molecule has 1 heterocycles. The summed E-state index contributed by atoms with van der Waals surface area (Å²) in [7, 11) is 0. The first kappa shape index (κ1) is 20.9. The van der Waals surface area contributed by atoms with Gasteiger partial charge in [-0.15, -0.1) is 12.4 Å². The Morgan fingerprint density at radius 3 is 2.38 bits per heavy atom. The average Bonchev–Trinajstić information content (AvgIpc) is 2.53. The van der Waals surface area contributed by atoms with Crippen molar-refractivity contribution in [2.75, 3.05) is 19.6 Å². The fourth-order valence-corrected chi connectivity index (χ4v) is 2.95. The van der Waals surface area contributed by atoms with Crippen LogP contribution in [0.4, 0.5) is 0 Å². The van der Waals surface area contributed by atoms with Crippen LogP contribution in [0.25, 0.3) is 0 Å². The van der Waals surface area contributed by atoms with Gasteiger partial charge in [-0.1, -0.05) is 45.0 Å². The van der Waals surface area contributed by atoms with Crippen LogP contribution in [0, 0.1) is 5.92 Å². The van der Waals surface area contributed by atoms with Gasteiger partial charge in [0.1, 0.15) is 0 Å². The zero-order valence-electron chi connectivity index (χ0n) is 15.0. The molecule has 2 rings (SSSR count). The van der Waals surface area contributed by atoms with Crippen molar-refractivity contribution in [1.82, 2.24) is 10.6 Å². The minimum atomic E-state index is -0.652. The smallest absolute Gasteiger partial charge is 0.220 e. The number of nitrogens with one attached hydrogen (secondary N) is 2. The van der Waals surface area contributed by atoms with Crippen LogP contribution < -0.4 is 10.6 Å². The Kier molecular flexibility index (Phi) is 8.20. The molecule has 0 aromatic heterocycles. The zero-order chi connectivity index (χ0) is 16.9. The van der Waals surface area contributed by atoms with E-state index in [9.17, 15) is 9.90 Å². The van der Waals surface area contributed by atoms with Gasteiger partial charge in [0, 0.05) is 13.0 Å². The van der Waals surface area contributed by atoms with Crippen molar-refractivity contribution in [3.8, 4) is 0 Å². The summed E-state index contributed by atoms with van der Waals surface area (Å²) in [6, 6.07) is 8.00. The highest BCUT2D eigenvalue weighted by Gasteiger charge is 2.18. The van der Waals surface area contributed by atoms with E-state index in [1.807, 2.05) is 12.1 Å². The number of carbonyl (C=O) groups is 1. The summed E-state index contributed by atoms with van der Waals surface area (Å²) in [4.78, 5) is 12.0. The molecule has 5 heteroatoms. The molecule has 1 aromatic rings. The molecule has 4 nitrogen and oxygen atoms in total. The number of aliphatic hydroxyl groups is 1. The van der Waals surface area contributed by atoms with E-state index in [0.717, 1.165) is 31.5 Å². The lowest BCUT2D eigenvalue weighted by molar-refractivity contribution is -0.122. The molecule has 0 saturated carbocycles. The minimum Gasteiger partial charge on any atom is -0.387 e. The molecular formula is C19H31ClN2O2. The highest BCUT2D eigenvalue weighted by molar-refractivity contribution is 5.85. The quantitative estimate of drug-likeness (QED) is 0.761. The Balaban J connectivity index is 0.00000288. The van der Waals surface area contributed by atoms with E-state index >= 15 is 0 Å². The third kappa shape index (κ3) is 6.42. The molecule has 0 aliphatic carbocycles. The van der Waals surface area contributed by atoms with Crippen LogP contribution >= 0.6 is 12.4 Å². The lowest BCUT2D eigenvalue weighted by Crippen LogP contribution is -2.33. The van der Waals surface area contributed by atoms with Gasteiger partial charge in [-0.3, -0.25) is 4.79 Å². The van der Waals surface area contributed by atoms with Gasteiger partial charge < -0.3 is 15.7 Å². The molecule has 136 valence electrons. The molecule has 1 aliphatic heterocycles. The molecule has 1 unspecified atom stereocenters. The average molecular weight is 355 g/mol. The Morgan fingerprint density at radius 2 is 1.83 bits per heavy atom. The predicted molar refractivity (Wildman–Crippen MR) is 101 cm³/mol. The van der Waals surface area contributed by atoms with E-state index in [-0.39, 0.29) is 30.3 Å². The molecule has 1 amide bonds. The van der Waals surface area contributed by atoms with E-state index < -0.39 is 6.10 Å². The monoisotopic (exact) mass is 354 g/mol. The number of piperidine rings is 1. The number of carbonyl (C=O) groups excluding carboxylic acids is 1. The van der Waals surface area contributed by atoms with E-state index in [1.165, 1.54) is 5.56 Å². The van der Waals surface area contributed by atoms with Crippen LogP contribution in [-0.4, -0.2) is 30.6 Å². The SMILES string of the molecule is CC(C)(C)c1ccc(C(O)CNC(=O)CC2CCNCC2)cc1.Cl. The summed E-state index contributed by atoms with van der Waals surface area (Å²) in [6.07, 6.45) is 2.03. The first-order valence-corrected chi connectivity index (χ1v) is 8.62. The summed E-state index contributed by atoms with van der Waals surface area (Å²) in [5, 5.41) is 16.4. The van der Waals surface area contributed by atoms with Crippen LogP contribution in [0.3, 0.4) is 0 Å². The van der Waals surface area contributed by atoms with Gasteiger partial charge in [0.15, 0.2) is 0 Å². The number of amides is 1. The Morgan fingerprint density at radius 1 is 1.25 bits per heavy atom. The largest absolute Gasteiger partial charge is 0.387 e. The Labute approximate surface area is 151 Å². The van der Waals surface area contributed by atoms with Crippen molar-refractivity contribution in [3.05, 3.63) is 35.4 Å². The number of hydrogen-bond acceptors (Lipinski definition) is 3. The molecule has 1 saturated heterocycles. The van der Waals surface area contributed by atoms with E-state index in [2.05, 4.69) is 43.5 Å². The molecule has 24 heavy (non-hydrogen) atoms. The van der Waals surface area contributed by atoms with Crippen LogP contribution in [0.15, 0.2) is 24.3 Å². The maximum atomic E-state index is 12.0. The standard InChI is InChI=1S/C19H30N2O2.ClH/c1-19(2,3)16-6-4-15(5-7-16)17(22)13-21-18(23)12-14-8-10-20-11-9-14;/h4-7,14,17,20,22H,8-13H2,1-3H3,(H,21,23);1H. The van der Waals surface area contributed by atoms with E-state index in [0.29, 0.717) is 12.3 Å². The van der Waals surface area contributed by atoms with Crippen molar-refractivity contribution >= 4 is 18.3 Å². The third-order valence-corrected chi connectivity index (χ3v) is 4.59.